The Kier molecular flexibility index (Phi) is 6.31. The minimum absolute atomic E-state index is 0.0701. The fourth-order valence-electron chi connectivity index (χ4n) is 3.50. The van der Waals surface area contributed by atoms with Gasteiger partial charge in [-0.1, -0.05) is 65.1 Å². The average molecular weight is 476 g/mol. The number of ketones is 1. The van der Waals surface area contributed by atoms with Crippen LogP contribution >= 0.6 is 22.6 Å². The Hall–Kier alpha value is -2.15. The minimum Gasteiger partial charge on any atom is -0.497 e. The molecule has 5 heteroatoms. The van der Waals surface area contributed by atoms with Crippen molar-refractivity contribution >= 4 is 39.9 Å². The normalized spacial score (nSPS) is 19.8. The lowest BCUT2D eigenvalue weighted by atomic mass is 9.75. The first-order chi connectivity index (χ1) is 13.1. The minimum atomic E-state index is -1.23. The van der Waals surface area contributed by atoms with Gasteiger partial charge in [0.05, 0.1) is 7.11 Å². The van der Waals surface area contributed by atoms with Crippen molar-refractivity contribution < 1.29 is 19.1 Å². The van der Waals surface area contributed by atoms with E-state index in [0.29, 0.717) is 24.8 Å². The number of carbonyl (C=O) groups is 2. The van der Waals surface area contributed by atoms with Crippen molar-refractivity contribution in [1.29, 1.82) is 0 Å². The van der Waals surface area contributed by atoms with Crippen LogP contribution in [0.1, 0.15) is 30.4 Å². The molecular weight excluding hydrogens is 455 g/mol. The molecule has 0 bridgehead atoms. The summed E-state index contributed by atoms with van der Waals surface area (Å²) in [7, 11) is 1.60. The number of halogens is 1. The maximum Gasteiger partial charge on any atom is 0.324 e. The third kappa shape index (κ3) is 3.93. The van der Waals surface area contributed by atoms with Crippen molar-refractivity contribution in [3.8, 4) is 5.75 Å². The largest absolute Gasteiger partial charge is 0.497 e. The van der Waals surface area contributed by atoms with E-state index in [9.17, 15) is 9.59 Å². The zero-order chi connectivity index (χ0) is 19.3. The molecule has 0 aromatic heterocycles. The number of esters is 1. The molecule has 1 fully saturated rings. The highest BCUT2D eigenvalue weighted by molar-refractivity contribution is 14.1. The summed E-state index contributed by atoms with van der Waals surface area (Å²) >= 11 is 2.10. The van der Waals surface area contributed by atoms with Crippen molar-refractivity contribution in [2.45, 2.75) is 25.9 Å². The van der Waals surface area contributed by atoms with E-state index < -0.39 is 11.4 Å². The Balaban J connectivity index is 1.91. The van der Waals surface area contributed by atoms with Crippen LogP contribution in [0.15, 0.2) is 58.7 Å². The third-order valence-electron chi connectivity index (χ3n) is 4.96. The lowest BCUT2D eigenvalue weighted by Gasteiger charge is -2.28. The van der Waals surface area contributed by atoms with E-state index in [1.54, 1.807) is 7.11 Å². The van der Waals surface area contributed by atoms with E-state index in [2.05, 4.69) is 22.6 Å². The van der Waals surface area contributed by atoms with Crippen molar-refractivity contribution in [1.82, 2.24) is 0 Å². The average Bonchev–Trinajstić information content (AvgIpc) is 3.10. The molecule has 27 heavy (non-hydrogen) atoms. The molecular formula is C22H21IO4. The van der Waals surface area contributed by atoms with E-state index in [-0.39, 0.29) is 12.4 Å². The maximum atomic E-state index is 13.1. The second kappa shape index (κ2) is 8.69. The Morgan fingerprint density at radius 2 is 1.85 bits per heavy atom. The van der Waals surface area contributed by atoms with E-state index in [0.717, 1.165) is 16.9 Å². The van der Waals surface area contributed by atoms with Gasteiger partial charge in [0.1, 0.15) is 12.4 Å². The van der Waals surface area contributed by atoms with Gasteiger partial charge in [-0.05, 0) is 45.8 Å². The van der Waals surface area contributed by atoms with Gasteiger partial charge >= 0.3 is 5.97 Å². The van der Waals surface area contributed by atoms with Gasteiger partial charge in [-0.15, -0.1) is 0 Å². The highest BCUT2D eigenvalue weighted by Gasteiger charge is 2.53. The molecule has 140 valence electrons. The summed E-state index contributed by atoms with van der Waals surface area (Å²) < 4.78 is 12.6. The van der Waals surface area contributed by atoms with Crippen LogP contribution in [0.25, 0.3) is 5.57 Å². The van der Waals surface area contributed by atoms with Crippen LogP contribution in [0.2, 0.25) is 0 Å². The number of hydrogen-bond donors (Lipinski definition) is 0. The molecule has 0 aliphatic heterocycles. The zero-order valence-electron chi connectivity index (χ0n) is 15.1. The predicted octanol–water partition coefficient (Wildman–Crippen LogP) is 4.95. The number of ether oxygens (including phenoxy) is 2. The van der Waals surface area contributed by atoms with Crippen LogP contribution in [0.5, 0.6) is 5.75 Å². The summed E-state index contributed by atoms with van der Waals surface area (Å²) in [6.45, 7) is 0.159. The standard InChI is InChI=1S/C22H21IO4/c1-26-18-11-9-17(10-12-18)19(14-23)22(13-5-8-20(22)24)21(25)27-15-16-6-3-2-4-7-16/h2-4,6-7,9-12,14H,5,8,13,15H2,1H3/b19-14+. The molecule has 0 N–H and O–H groups in total. The van der Waals surface area contributed by atoms with Crippen LogP contribution in [0.4, 0.5) is 0 Å². The zero-order valence-corrected chi connectivity index (χ0v) is 17.3. The summed E-state index contributed by atoms with van der Waals surface area (Å²) in [5, 5.41) is 0. The number of benzene rings is 2. The molecule has 2 aromatic rings. The van der Waals surface area contributed by atoms with Gasteiger partial charge in [-0.25, -0.2) is 0 Å². The smallest absolute Gasteiger partial charge is 0.324 e. The second-order valence-electron chi connectivity index (χ2n) is 6.50. The summed E-state index contributed by atoms with van der Waals surface area (Å²) in [6.07, 6.45) is 1.55. The van der Waals surface area contributed by atoms with Crippen LogP contribution in [0.3, 0.4) is 0 Å². The maximum absolute atomic E-state index is 13.1. The van der Waals surface area contributed by atoms with Crippen molar-refractivity contribution in [3.63, 3.8) is 0 Å². The van der Waals surface area contributed by atoms with Gasteiger partial charge in [0.15, 0.2) is 11.2 Å². The van der Waals surface area contributed by atoms with E-state index in [4.69, 9.17) is 9.47 Å². The lowest BCUT2D eigenvalue weighted by Crippen LogP contribution is -2.38. The predicted molar refractivity (Wildman–Crippen MR) is 113 cm³/mol. The molecule has 0 spiro atoms. The van der Waals surface area contributed by atoms with E-state index in [1.807, 2.05) is 58.7 Å². The van der Waals surface area contributed by atoms with Gasteiger partial charge in [-0.3, -0.25) is 9.59 Å². The molecule has 1 atom stereocenters. The fraction of sp³-hybridized carbons (Fsp3) is 0.273. The SMILES string of the molecule is COc1ccc(/C(=C\I)C2(C(=O)OCc3ccccc3)CCCC2=O)cc1. The first-order valence-corrected chi connectivity index (χ1v) is 10.1. The van der Waals surface area contributed by atoms with Gasteiger partial charge < -0.3 is 9.47 Å². The number of methoxy groups -OCH3 is 1. The Morgan fingerprint density at radius 1 is 1.15 bits per heavy atom. The topological polar surface area (TPSA) is 52.6 Å². The Morgan fingerprint density at radius 3 is 2.41 bits per heavy atom. The quantitative estimate of drug-likeness (QED) is 0.336. The first-order valence-electron chi connectivity index (χ1n) is 8.81. The molecule has 1 aliphatic carbocycles. The van der Waals surface area contributed by atoms with Gasteiger partial charge in [0.2, 0.25) is 0 Å². The summed E-state index contributed by atoms with van der Waals surface area (Å²) in [4.78, 5) is 26.0. The molecule has 1 saturated carbocycles. The van der Waals surface area contributed by atoms with E-state index in [1.165, 1.54) is 0 Å². The summed E-state index contributed by atoms with van der Waals surface area (Å²) in [5.41, 5.74) is 1.20. The van der Waals surface area contributed by atoms with E-state index >= 15 is 0 Å². The van der Waals surface area contributed by atoms with Crippen LogP contribution in [-0.4, -0.2) is 18.9 Å². The molecule has 0 heterocycles. The molecule has 4 nitrogen and oxygen atoms in total. The van der Waals surface area contributed by atoms with Crippen molar-refractivity contribution in [2.75, 3.05) is 7.11 Å². The highest BCUT2D eigenvalue weighted by atomic mass is 127. The number of carbonyl (C=O) groups excluding carboxylic acids is 2. The molecule has 1 unspecified atom stereocenters. The molecule has 1 aliphatic rings. The fourth-order valence-corrected chi connectivity index (χ4v) is 4.39. The number of rotatable bonds is 6. The second-order valence-corrected chi connectivity index (χ2v) is 7.12. The highest BCUT2D eigenvalue weighted by Crippen LogP contribution is 2.48. The number of hydrogen-bond acceptors (Lipinski definition) is 4. The van der Waals surface area contributed by atoms with Crippen LogP contribution in [0, 0.1) is 5.41 Å². The lowest BCUT2D eigenvalue weighted by molar-refractivity contribution is -0.156. The molecule has 0 amide bonds. The Labute approximate surface area is 172 Å². The third-order valence-corrected chi connectivity index (χ3v) is 5.59. The van der Waals surface area contributed by atoms with Gasteiger partial charge in [-0.2, -0.15) is 0 Å². The van der Waals surface area contributed by atoms with Crippen LogP contribution in [-0.2, 0) is 20.9 Å². The summed E-state index contributed by atoms with van der Waals surface area (Å²) in [6, 6.07) is 16.9. The number of Topliss-reactive ketones (excluding diaryl/α,β-unsaturated/α-hetero) is 1. The molecule has 0 radical (unpaired) electrons. The Bertz CT molecular complexity index is 842. The van der Waals surface area contributed by atoms with Gasteiger partial charge in [0.25, 0.3) is 0 Å². The van der Waals surface area contributed by atoms with Crippen molar-refractivity contribution in [2.24, 2.45) is 5.41 Å². The monoisotopic (exact) mass is 476 g/mol. The molecule has 3 rings (SSSR count). The summed E-state index contributed by atoms with van der Waals surface area (Å²) in [5.74, 6) is 0.192. The van der Waals surface area contributed by atoms with Gasteiger partial charge in [0, 0.05) is 6.42 Å². The molecule has 0 saturated heterocycles. The first kappa shape index (κ1) is 19.6. The van der Waals surface area contributed by atoms with Crippen molar-refractivity contribution in [3.05, 3.63) is 69.8 Å². The van der Waals surface area contributed by atoms with Crippen LogP contribution < -0.4 is 4.74 Å². The molecule has 2 aromatic carbocycles.